The minimum atomic E-state index is -0.222. The molecule has 0 atom stereocenters. The quantitative estimate of drug-likeness (QED) is 0.233. The molecule has 7 nitrogen and oxygen atoms in total. The maximum absolute atomic E-state index is 13.3. The molecule has 2 aromatic heterocycles. The zero-order valence-corrected chi connectivity index (χ0v) is 20.5. The molecule has 0 saturated carbocycles. The smallest absolute Gasteiger partial charge is 0.278 e. The van der Waals surface area contributed by atoms with Crippen LogP contribution in [0.4, 0.5) is 5.69 Å². The summed E-state index contributed by atoms with van der Waals surface area (Å²) in [4.78, 5) is 33.8. The molecule has 0 radical (unpaired) electrons. The first kappa shape index (κ1) is 23.9. The summed E-state index contributed by atoms with van der Waals surface area (Å²) in [6.07, 6.45) is 3.59. The molecule has 2 heterocycles. The average Bonchev–Trinajstić information content (AvgIpc) is 3.27. The highest BCUT2D eigenvalue weighted by atomic mass is 35.5. The number of rotatable bonds is 9. The molecule has 0 aliphatic rings. The summed E-state index contributed by atoms with van der Waals surface area (Å²) >= 11 is 7.39. The van der Waals surface area contributed by atoms with E-state index in [9.17, 15) is 9.59 Å². The Morgan fingerprint density at radius 1 is 1.24 bits per heavy atom. The van der Waals surface area contributed by atoms with Crippen molar-refractivity contribution >= 4 is 46.0 Å². The van der Waals surface area contributed by atoms with Crippen molar-refractivity contribution < 1.29 is 9.53 Å². The maximum Gasteiger partial charge on any atom is 0.278 e. The fourth-order valence-electron chi connectivity index (χ4n) is 3.61. The molecule has 4 rings (SSSR count). The van der Waals surface area contributed by atoms with Gasteiger partial charge in [0, 0.05) is 24.0 Å². The highest BCUT2D eigenvalue weighted by Crippen LogP contribution is 2.29. The van der Waals surface area contributed by atoms with Gasteiger partial charge in [0.05, 0.1) is 17.9 Å². The molecule has 0 aliphatic heterocycles. The molecule has 2 N–H and O–H groups in total. The van der Waals surface area contributed by atoms with Crippen molar-refractivity contribution in [2.75, 3.05) is 18.2 Å². The molecule has 2 aromatic carbocycles. The first-order valence-electron chi connectivity index (χ1n) is 10.9. The second-order valence-electron chi connectivity index (χ2n) is 7.68. The number of fused-ring (bicyclic) bond motifs is 1. The highest BCUT2D eigenvalue weighted by Gasteiger charge is 2.17. The molecule has 1 amide bonds. The van der Waals surface area contributed by atoms with Crippen LogP contribution in [-0.2, 0) is 11.3 Å². The Balaban J connectivity index is 1.61. The van der Waals surface area contributed by atoms with E-state index in [-0.39, 0.29) is 17.2 Å². The average molecular weight is 497 g/mol. The molecule has 0 fully saturated rings. The third-order valence-electron chi connectivity index (χ3n) is 5.34. The Morgan fingerprint density at radius 2 is 2.03 bits per heavy atom. The van der Waals surface area contributed by atoms with Crippen LogP contribution in [-0.4, -0.2) is 33.3 Å². The van der Waals surface area contributed by atoms with Crippen LogP contribution in [0.1, 0.15) is 19.8 Å². The van der Waals surface area contributed by atoms with E-state index < -0.39 is 0 Å². The molecule has 0 spiro atoms. The normalized spacial score (nSPS) is 11.0. The lowest BCUT2D eigenvalue weighted by Gasteiger charge is -2.12. The van der Waals surface area contributed by atoms with Gasteiger partial charge >= 0.3 is 0 Å². The minimum Gasteiger partial charge on any atom is -0.495 e. The van der Waals surface area contributed by atoms with E-state index in [0.29, 0.717) is 39.2 Å². The zero-order chi connectivity index (χ0) is 24.1. The number of unbranched alkanes of at least 4 members (excludes halogenated alkanes) is 1. The van der Waals surface area contributed by atoms with Crippen LogP contribution in [0.25, 0.3) is 22.2 Å². The minimum absolute atomic E-state index is 0.0960. The van der Waals surface area contributed by atoms with Crippen molar-refractivity contribution in [3.8, 4) is 16.9 Å². The lowest BCUT2D eigenvalue weighted by Crippen LogP contribution is -2.24. The SMILES string of the molecule is CCCCn1c(SCC(=O)Nc2ccc(OC)c(Cl)c2)nc2c(-c3ccccc3)c[nH]c2c1=O. The first-order chi connectivity index (χ1) is 16.5. The Kier molecular flexibility index (Phi) is 7.59. The van der Waals surface area contributed by atoms with E-state index in [1.165, 1.54) is 18.9 Å². The van der Waals surface area contributed by atoms with Gasteiger partial charge in [-0.15, -0.1) is 0 Å². The number of amides is 1. The summed E-state index contributed by atoms with van der Waals surface area (Å²) in [7, 11) is 1.53. The molecule has 0 unspecified atom stereocenters. The highest BCUT2D eigenvalue weighted by molar-refractivity contribution is 7.99. The van der Waals surface area contributed by atoms with Crippen LogP contribution in [0.3, 0.4) is 0 Å². The van der Waals surface area contributed by atoms with Gasteiger partial charge in [-0.3, -0.25) is 14.2 Å². The summed E-state index contributed by atoms with van der Waals surface area (Å²) < 4.78 is 6.80. The number of nitrogens with one attached hydrogen (secondary N) is 2. The fraction of sp³-hybridized carbons (Fsp3) is 0.240. The van der Waals surface area contributed by atoms with E-state index in [1.54, 1.807) is 22.8 Å². The van der Waals surface area contributed by atoms with Gasteiger partial charge in [0.2, 0.25) is 5.91 Å². The number of aromatic nitrogens is 3. The van der Waals surface area contributed by atoms with Crippen LogP contribution in [0.15, 0.2) is 64.7 Å². The molecule has 34 heavy (non-hydrogen) atoms. The van der Waals surface area contributed by atoms with Gasteiger partial charge in [-0.05, 0) is 30.2 Å². The summed E-state index contributed by atoms with van der Waals surface area (Å²) in [6.45, 7) is 2.61. The van der Waals surface area contributed by atoms with Gasteiger partial charge in [-0.2, -0.15) is 0 Å². The summed E-state index contributed by atoms with van der Waals surface area (Å²) in [5.74, 6) is 0.408. The third-order valence-corrected chi connectivity index (χ3v) is 6.61. The molecule has 0 bridgehead atoms. The molecule has 9 heteroatoms. The van der Waals surface area contributed by atoms with Crippen LogP contribution >= 0.6 is 23.4 Å². The predicted octanol–water partition coefficient (Wildman–Crippen LogP) is 5.58. The van der Waals surface area contributed by atoms with E-state index >= 15 is 0 Å². The van der Waals surface area contributed by atoms with E-state index in [0.717, 1.165) is 24.0 Å². The summed E-state index contributed by atoms with van der Waals surface area (Å²) in [6, 6.07) is 14.8. The first-order valence-corrected chi connectivity index (χ1v) is 12.3. The summed E-state index contributed by atoms with van der Waals surface area (Å²) in [5, 5.41) is 3.76. The second-order valence-corrected chi connectivity index (χ2v) is 9.03. The number of thioether (sulfide) groups is 1. The lowest BCUT2D eigenvalue weighted by atomic mass is 10.1. The van der Waals surface area contributed by atoms with Gasteiger partial charge in [0.25, 0.3) is 5.56 Å². The molecule has 4 aromatic rings. The van der Waals surface area contributed by atoms with Gasteiger partial charge in [-0.1, -0.05) is 67.0 Å². The van der Waals surface area contributed by atoms with Crippen LogP contribution in [0.2, 0.25) is 5.02 Å². The Hall–Kier alpha value is -3.23. The number of carbonyl (C=O) groups excluding carboxylic acids is 1. The third kappa shape index (κ3) is 5.13. The van der Waals surface area contributed by atoms with Gasteiger partial charge in [-0.25, -0.2) is 4.98 Å². The van der Waals surface area contributed by atoms with E-state index in [2.05, 4.69) is 17.2 Å². The van der Waals surface area contributed by atoms with Gasteiger partial charge in [0.15, 0.2) is 5.16 Å². The Bertz CT molecular complexity index is 1370. The van der Waals surface area contributed by atoms with Crippen LogP contribution < -0.4 is 15.6 Å². The number of H-pyrrole nitrogens is 1. The van der Waals surface area contributed by atoms with E-state index in [4.69, 9.17) is 21.3 Å². The van der Waals surface area contributed by atoms with Gasteiger partial charge < -0.3 is 15.0 Å². The summed E-state index contributed by atoms with van der Waals surface area (Å²) in [5.41, 5.74) is 3.34. The lowest BCUT2D eigenvalue weighted by molar-refractivity contribution is -0.113. The fourth-order valence-corrected chi connectivity index (χ4v) is 4.68. The number of aromatic amines is 1. The number of hydrogen-bond donors (Lipinski definition) is 2. The van der Waals surface area contributed by atoms with Crippen molar-refractivity contribution in [1.29, 1.82) is 0 Å². The van der Waals surface area contributed by atoms with Crippen molar-refractivity contribution in [2.45, 2.75) is 31.5 Å². The molecular weight excluding hydrogens is 472 g/mol. The number of carbonyl (C=O) groups is 1. The topological polar surface area (TPSA) is 89.0 Å². The zero-order valence-electron chi connectivity index (χ0n) is 18.9. The number of hydrogen-bond acceptors (Lipinski definition) is 5. The van der Waals surface area contributed by atoms with Crippen molar-refractivity contribution in [1.82, 2.24) is 14.5 Å². The van der Waals surface area contributed by atoms with Crippen molar-refractivity contribution in [2.24, 2.45) is 0 Å². The number of halogens is 1. The van der Waals surface area contributed by atoms with Gasteiger partial charge in [0.1, 0.15) is 16.8 Å². The Morgan fingerprint density at radius 3 is 2.74 bits per heavy atom. The molecular formula is C25H25ClN4O3S. The molecule has 0 saturated heterocycles. The maximum atomic E-state index is 13.3. The number of methoxy groups -OCH3 is 1. The van der Waals surface area contributed by atoms with Crippen LogP contribution in [0.5, 0.6) is 5.75 Å². The predicted molar refractivity (Wildman–Crippen MR) is 138 cm³/mol. The standard InChI is InChI=1S/C25H25ClN4O3S/c1-3-4-12-30-24(32)23-22(18(14-27-23)16-8-6-5-7-9-16)29-25(30)34-15-21(31)28-17-10-11-20(33-2)19(26)13-17/h5-11,13-14,27H,3-4,12,15H2,1-2H3,(H,28,31). The number of ether oxygens (including phenoxy) is 1. The number of anilines is 1. The molecule has 176 valence electrons. The van der Waals surface area contributed by atoms with Crippen molar-refractivity contribution in [3.63, 3.8) is 0 Å². The molecule has 0 aliphatic carbocycles. The Labute approximate surface area is 206 Å². The van der Waals surface area contributed by atoms with Crippen LogP contribution in [0, 0.1) is 0 Å². The van der Waals surface area contributed by atoms with E-state index in [1.807, 2.05) is 36.5 Å². The number of benzene rings is 2. The largest absolute Gasteiger partial charge is 0.495 e. The van der Waals surface area contributed by atoms with Crippen molar-refractivity contribution in [3.05, 3.63) is 70.1 Å². The monoisotopic (exact) mass is 496 g/mol. The second kappa shape index (κ2) is 10.8. The number of nitrogens with zero attached hydrogens (tertiary/aromatic N) is 2.